The van der Waals surface area contributed by atoms with Crippen LogP contribution >= 0.6 is 24.0 Å². The van der Waals surface area contributed by atoms with Gasteiger partial charge in [-0.15, -0.1) is 24.0 Å². The zero-order valence-electron chi connectivity index (χ0n) is 16.4. The molecule has 2 rings (SSSR count). The smallest absolute Gasteiger partial charge is 0.191 e. The molecule has 1 aromatic rings. The molecule has 0 saturated carbocycles. The maximum Gasteiger partial charge on any atom is 0.191 e. The van der Waals surface area contributed by atoms with Crippen LogP contribution in [0.4, 0.5) is 0 Å². The number of nitrogens with one attached hydrogen (secondary N) is 2. The van der Waals surface area contributed by atoms with Gasteiger partial charge in [-0.1, -0.05) is 19.1 Å². The number of rotatable bonds is 8. The van der Waals surface area contributed by atoms with Crippen LogP contribution in [-0.4, -0.2) is 57.3 Å². The van der Waals surface area contributed by atoms with E-state index in [9.17, 15) is 0 Å². The summed E-state index contributed by atoms with van der Waals surface area (Å²) in [5.74, 6) is 2.32. The predicted octanol–water partition coefficient (Wildman–Crippen LogP) is 2.86. The Labute approximate surface area is 174 Å². The van der Waals surface area contributed by atoms with Crippen molar-refractivity contribution in [3.63, 3.8) is 0 Å². The molecule has 0 spiro atoms. The highest BCUT2D eigenvalue weighted by Gasteiger charge is 2.22. The first-order chi connectivity index (χ1) is 12.2. The first-order valence-corrected chi connectivity index (χ1v) is 9.19. The molecule has 1 heterocycles. The van der Waals surface area contributed by atoms with Crippen LogP contribution in [0.1, 0.15) is 32.3 Å². The Balaban J connectivity index is 0.00000338. The topological polar surface area (TPSA) is 58.1 Å². The highest BCUT2D eigenvalue weighted by molar-refractivity contribution is 14.0. The number of guanidine groups is 1. The third-order valence-corrected chi connectivity index (χ3v) is 4.65. The van der Waals surface area contributed by atoms with Crippen LogP contribution < -0.4 is 20.1 Å². The Kier molecular flexibility index (Phi) is 10.7. The lowest BCUT2D eigenvalue weighted by molar-refractivity contribution is 0.267. The fourth-order valence-corrected chi connectivity index (χ4v) is 3.34. The summed E-state index contributed by atoms with van der Waals surface area (Å²) in [5, 5.41) is 6.81. The molecule has 0 bridgehead atoms. The molecule has 1 aliphatic rings. The molecule has 0 aliphatic carbocycles. The summed E-state index contributed by atoms with van der Waals surface area (Å²) in [4.78, 5) is 7.25. The van der Waals surface area contributed by atoms with Gasteiger partial charge in [0.05, 0.1) is 20.8 Å². The van der Waals surface area contributed by atoms with Crippen molar-refractivity contribution in [3.8, 4) is 11.5 Å². The molecule has 1 unspecified atom stereocenters. The van der Waals surface area contributed by atoms with Crippen molar-refractivity contribution in [2.75, 3.05) is 40.4 Å². The van der Waals surface area contributed by atoms with Crippen molar-refractivity contribution in [2.45, 2.75) is 39.3 Å². The number of ether oxygens (including phenoxy) is 2. The highest BCUT2D eigenvalue weighted by atomic mass is 127. The zero-order valence-corrected chi connectivity index (χ0v) is 18.7. The first kappa shape index (κ1) is 22.8. The third-order valence-electron chi connectivity index (χ3n) is 4.65. The monoisotopic (exact) mass is 476 g/mol. The molecule has 0 amide bonds. The van der Waals surface area contributed by atoms with E-state index in [2.05, 4.69) is 29.4 Å². The quantitative estimate of drug-likeness (QED) is 0.344. The molecule has 6 nitrogen and oxygen atoms in total. The fraction of sp³-hybridized carbons (Fsp3) is 0.632. The van der Waals surface area contributed by atoms with Gasteiger partial charge < -0.3 is 20.1 Å². The number of hydrogen-bond donors (Lipinski definition) is 2. The number of likely N-dealkylation sites (tertiary alicyclic amines) is 1. The minimum absolute atomic E-state index is 0. The van der Waals surface area contributed by atoms with Gasteiger partial charge in [-0.05, 0) is 38.9 Å². The van der Waals surface area contributed by atoms with E-state index < -0.39 is 0 Å². The molecular weight excluding hydrogens is 443 g/mol. The summed E-state index contributed by atoms with van der Waals surface area (Å²) in [6, 6.07) is 6.48. The molecule has 1 aliphatic heterocycles. The summed E-state index contributed by atoms with van der Waals surface area (Å²) in [7, 11) is 3.31. The molecular formula is C19H33IN4O2. The Morgan fingerprint density at radius 3 is 2.69 bits per heavy atom. The van der Waals surface area contributed by atoms with Gasteiger partial charge in [-0.2, -0.15) is 0 Å². The summed E-state index contributed by atoms with van der Waals surface area (Å²) in [6.07, 6.45) is 2.54. The Bertz CT molecular complexity index is 568. The average molecular weight is 476 g/mol. The van der Waals surface area contributed by atoms with Crippen LogP contribution in [0, 0.1) is 0 Å². The Hall–Kier alpha value is -1.22. The molecule has 1 aromatic carbocycles. The first-order valence-electron chi connectivity index (χ1n) is 9.19. The van der Waals surface area contributed by atoms with Crippen molar-refractivity contribution in [3.05, 3.63) is 23.8 Å². The maximum atomic E-state index is 5.49. The van der Waals surface area contributed by atoms with Crippen LogP contribution in [0.5, 0.6) is 11.5 Å². The zero-order chi connectivity index (χ0) is 18.1. The van der Waals surface area contributed by atoms with E-state index in [1.165, 1.54) is 19.4 Å². The van der Waals surface area contributed by atoms with Crippen molar-refractivity contribution in [1.29, 1.82) is 0 Å². The number of aliphatic imine (C=N–C) groups is 1. The lowest BCUT2D eigenvalue weighted by Gasteiger charge is -2.24. The predicted molar refractivity (Wildman–Crippen MR) is 118 cm³/mol. The minimum atomic E-state index is 0. The minimum Gasteiger partial charge on any atom is -0.493 e. The van der Waals surface area contributed by atoms with Gasteiger partial charge in [-0.3, -0.25) is 4.90 Å². The standard InChI is InChI=1S/C19H32N4O2.HI/c1-5-20-19(22-14-16-10-8-12-23(16)6-2)21-13-15-9-7-11-17(24-3)18(15)25-4;/h7,9,11,16H,5-6,8,10,12-14H2,1-4H3,(H2,20,21,22);1H. The fourth-order valence-electron chi connectivity index (χ4n) is 3.34. The van der Waals surface area contributed by atoms with Gasteiger partial charge in [-0.25, -0.2) is 4.99 Å². The molecule has 1 saturated heterocycles. The second-order valence-corrected chi connectivity index (χ2v) is 6.15. The third kappa shape index (κ3) is 6.19. The van der Waals surface area contributed by atoms with Crippen LogP contribution in [0.2, 0.25) is 0 Å². The van der Waals surface area contributed by atoms with Gasteiger partial charge >= 0.3 is 0 Å². The van der Waals surface area contributed by atoms with Gasteiger partial charge in [0.15, 0.2) is 17.5 Å². The van der Waals surface area contributed by atoms with Crippen molar-refractivity contribution >= 4 is 29.9 Å². The second-order valence-electron chi connectivity index (χ2n) is 6.15. The molecule has 0 aromatic heterocycles. The van der Waals surface area contributed by atoms with Gasteiger partial charge in [0.1, 0.15) is 0 Å². The number of para-hydroxylation sites is 1. The summed E-state index contributed by atoms with van der Waals surface area (Å²) < 4.78 is 10.8. The maximum absolute atomic E-state index is 5.49. The Morgan fingerprint density at radius 1 is 1.23 bits per heavy atom. The second kappa shape index (κ2) is 12.2. The van der Waals surface area contributed by atoms with Crippen LogP contribution in [0.25, 0.3) is 0 Å². The number of methoxy groups -OCH3 is 2. The van der Waals surface area contributed by atoms with E-state index in [0.29, 0.717) is 12.6 Å². The van der Waals surface area contributed by atoms with Gasteiger partial charge in [0.2, 0.25) is 0 Å². The molecule has 26 heavy (non-hydrogen) atoms. The van der Waals surface area contributed by atoms with Crippen LogP contribution in [0.3, 0.4) is 0 Å². The number of nitrogens with zero attached hydrogens (tertiary/aromatic N) is 2. The average Bonchev–Trinajstić information content (AvgIpc) is 3.11. The SMILES string of the molecule is CCNC(=NCc1cccc(OC)c1OC)NCC1CCCN1CC.I. The summed E-state index contributed by atoms with van der Waals surface area (Å²) in [5.41, 5.74) is 1.01. The molecule has 2 N–H and O–H groups in total. The number of halogens is 1. The molecule has 0 radical (unpaired) electrons. The van der Waals surface area contributed by atoms with Crippen LogP contribution in [0.15, 0.2) is 23.2 Å². The molecule has 1 fully saturated rings. The number of likely N-dealkylation sites (N-methyl/N-ethyl adjacent to an activating group) is 1. The number of benzene rings is 1. The van der Waals surface area contributed by atoms with E-state index >= 15 is 0 Å². The Morgan fingerprint density at radius 2 is 2.04 bits per heavy atom. The van der Waals surface area contributed by atoms with Crippen molar-refractivity contribution in [2.24, 2.45) is 4.99 Å². The molecule has 1 atom stereocenters. The van der Waals surface area contributed by atoms with E-state index in [1.807, 2.05) is 18.2 Å². The summed E-state index contributed by atoms with van der Waals surface area (Å²) in [6.45, 7) is 8.93. The van der Waals surface area contributed by atoms with E-state index in [4.69, 9.17) is 14.5 Å². The lowest BCUT2D eigenvalue weighted by atomic mass is 10.2. The molecule has 148 valence electrons. The van der Waals surface area contributed by atoms with E-state index in [0.717, 1.165) is 42.7 Å². The van der Waals surface area contributed by atoms with E-state index in [-0.39, 0.29) is 24.0 Å². The number of hydrogen-bond acceptors (Lipinski definition) is 4. The van der Waals surface area contributed by atoms with Gasteiger partial charge in [0, 0.05) is 24.7 Å². The lowest BCUT2D eigenvalue weighted by Crippen LogP contribution is -2.44. The van der Waals surface area contributed by atoms with Crippen LogP contribution in [-0.2, 0) is 6.54 Å². The van der Waals surface area contributed by atoms with Crippen molar-refractivity contribution in [1.82, 2.24) is 15.5 Å². The molecule has 7 heteroatoms. The van der Waals surface area contributed by atoms with Crippen molar-refractivity contribution < 1.29 is 9.47 Å². The van der Waals surface area contributed by atoms with E-state index in [1.54, 1.807) is 14.2 Å². The summed E-state index contributed by atoms with van der Waals surface area (Å²) >= 11 is 0. The largest absolute Gasteiger partial charge is 0.493 e. The normalized spacial score (nSPS) is 17.5. The van der Waals surface area contributed by atoms with Gasteiger partial charge in [0.25, 0.3) is 0 Å². The highest BCUT2D eigenvalue weighted by Crippen LogP contribution is 2.31.